The Kier molecular flexibility index (Phi) is 6.58. The number of carbonyl (C=O) groups is 1. The molecule has 3 heteroatoms. The number of amides is 1. The standard InChI is InChI=1S/C17H24BrNO/c18-12-11-14-7-9-16(10-8-14)19-17(20)13-15-5-3-1-2-4-6-15/h7-10,15H,1-6,11-13H2,(H,19,20). The highest BCUT2D eigenvalue weighted by Crippen LogP contribution is 2.25. The maximum absolute atomic E-state index is 12.1. The van der Waals surface area contributed by atoms with Crippen LogP contribution in [-0.4, -0.2) is 11.2 Å². The Bertz CT molecular complexity index is 408. The van der Waals surface area contributed by atoms with Crippen molar-refractivity contribution in [3.8, 4) is 0 Å². The fraction of sp³-hybridized carbons (Fsp3) is 0.588. The predicted octanol–water partition coefficient (Wildman–Crippen LogP) is 4.92. The second kappa shape index (κ2) is 8.46. The van der Waals surface area contributed by atoms with E-state index in [2.05, 4.69) is 33.4 Å². The zero-order valence-corrected chi connectivity index (χ0v) is 13.6. The van der Waals surface area contributed by atoms with Gasteiger partial charge in [-0.2, -0.15) is 0 Å². The van der Waals surface area contributed by atoms with E-state index in [1.165, 1.54) is 44.1 Å². The first-order valence-electron chi connectivity index (χ1n) is 7.72. The molecular weight excluding hydrogens is 314 g/mol. The normalized spacial score (nSPS) is 16.6. The smallest absolute Gasteiger partial charge is 0.224 e. The molecule has 1 N–H and O–H groups in total. The van der Waals surface area contributed by atoms with Crippen LogP contribution in [0.2, 0.25) is 0 Å². The SMILES string of the molecule is O=C(CC1CCCCCC1)Nc1ccc(CCBr)cc1. The minimum absolute atomic E-state index is 0.171. The number of hydrogen-bond acceptors (Lipinski definition) is 1. The molecule has 1 fully saturated rings. The van der Waals surface area contributed by atoms with E-state index in [0.29, 0.717) is 12.3 Å². The Labute approximate surface area is 130 Å². The van der Waals surface area contributed by atoms with Crippen LogP contribution in [0.15, 0.2) is 24.3 Å². The van der Waals surface area contributed by atoms with Crippen molar-refractivity contribution in [3.05, 3.63) is 29.8 Å². The largest absolute Gasteiger partial charge is 0.326 e. The van der Waals surface area contributed by atoms with Crippen molar-refractivity contribution in [3.63, 3.8) is 0 Å². The number of rotatable bonds is 5. The van der Waals surface area contributed by atoms with Gasteiger partial charge in [0.25, 0.3) is 0 Å². The van der Waals surface area contributed by atoms with Crippen LogP contribution < -0.4 is 5.32 Å². The molecule has 0 aromatic heterocycles. The van der Waals surface area contributed by atoms with Crippen molar-refractivity contribution in [2.24, 2.45) is 5.92 Å². The molecule has 1 aliphatic carbocycles. The van der Waals surface area contributed by atoms with Crippen LogP contribution in [0.25, 0.3) is 0 Å². The number of alkyl halides is 1. The van der Waals surface area contributed by atoms with Gasteiger partial charge >= 0.3 is 0 Å². The molecule has 1 aromatic carbocycles. The first-order valence-corrected chi connectivity index (χ1v) is 8.85. The van der Waals surface area contributed by atoms with Gasteiger partial charge in [0.05, 0.1) is 0 Å². The van der Waals surface area contributed by atoms with Gasteiger partial charge in [0.1, 0.15) is 0 Å². The number of benzene rings is 1. The molecule has 0 heterocycles. The summed E-state index contributed by atoms with van der Waals surface area (Å²) < 4.78 is 0. The number of carbonyl (C=O) groups excluding carboxylic acids is 1. The van der Waals surface area contributed by atoms with E-state index in [0.717, 1.165) is 17.4 Å². The van der Waals surface area contributed by atoms with Crippen molar-refractivity contribution < 1.29 is 4.79 Å². The topological polar surface area (TPSA) is 29.1 Å². The molecule has 20 heavy (non-hydrogen) atoms. The first kappa shape index (κ1) is 15.6. The second-order valence-electron chi connectivity index (χ2n) is 5.75. The minimum atomic E-state index is 0.171. The van der Waals surface area contributed by atoms with Crippen molar-refractivity contribution in [2.75, 3.05) is 10.6 Å². The Morgan fingerprint density at radius 1 is 1.10 bits per heavy atom. The number of halogens is 1. The molecule has 110 valence electrons. The summed E-state index contributed by atoms with van der Waals surface area (Å²) in [6.45, 7) is 0. The van der Waals surface area contributed by atoms with E-state index < -0.39 is 0 Å². The van der Waals surface area contributed by atoms with Gasteiger partial charge in [-0.25, -0.2) is 0 Å². The third-order valence-electron chi connectivity index (χ3n) is 4.07. The van der Waals surface area contributed by atoms with E-state index in [-0.39, 0.29) is 5.91 Å². The van der Waals surface area contributed by atoms with Crippen molar-refractivity contribution in [1.82, 2.24) is 0 Å². The third kappa shape index (κ3) is 5.28. The van der Waals surface area contributed by atoms with Gasteiger partial charge in [0.15, 0.2) is 0 Å². The Balaban J connectivity index is 1.81. The van der Waals surface area contributed by atoms with Gasteiger partial charge < -0.3 is 5.32 Å². The fourth-order valence-corrected chi connectivity index (χ4v) is 3.36. The molecule has 1 aromatic rings. The highest BCUT2D eigenvalue weighted by Gasteiger charge is 2.16. The van der Waals surface area contributed by atoms with Gasteiger partial charge in [0.2, 0.25) is 5.91 Å². The van der Waals surface area contributed by atoms with Crippen molar-refractivity contribution in [1.29, 1.82) is 0 Å². The van der Waals surface area contributed by atoms with E-state index >= 15 is 0 Å². The lowest BCUT2D eigenvalue weighted by molar-refractivity contribution is -0.117. The van der Waals surface area contributed by atoms with Gasteiger partial charge in [-0.05, 0) is 42.9 Å². The molecule has 0 unspecified atom stereocenters. The molecular formula is C17H24BrNO. The summed E-state index contributed by atoms with van der Waals surface area (Å²) in [5.74, 6) is 0.760. The molecule has 0 atom stereocenters. The molecule has 2 rings (SSSR count). The maximum atomic E-state index is 12.1. The number of aryl methyl sites for hydroxylation is 1. The van der Waals surface area contributed by atoms with Gasteiger partial charge in [-0.3, -0.25) is 4.79 Å². The highest BCUT2D eigenvalue weighted by atomic mass is 79.9. The van der Waals surface area contributed by atoms with Gasteiger partial charge in [-0.1, -0.05) is 53.7 Å². The lowest BCUT2D eigenvalue weighted by atomic mass is 9.96. The van der Waals surface area contributed by atoms with Crippen molar-refractivity contribution in [2.45, 2.75) is 51.4 Å². The quantitative estimate of drug-likeness (QED) is 0.599. The van der Waals surface area contributed by atoms with Crippen LogP contribution in [0.3, 0.4) is 0 Å². The Morgan fingerprint density at radius 2 is 1.75 bits per heavy atom. The van der Waals surface area contributed by atoms with Gasteiger partial charge in [0, 0.05) is 17.4 Å². The Morgan fingerprint density at radius 3 is 2.35 bits per heavy atom. The number of hydrogen-bond donors (Lipinski definition) is 1. The lowest BCUT2D eigenvalue weighted by Crippen LogP contribution is -2.16. The summed E-state index contributed by atoms with van der Waals surface area (Å²) in [5, 5.41) is 4.00. The molecule has 0 aliphatic heterocycles. The fourth-order valence-electron chi connectivity index (χ4n) is 2.91. The number of anilines is 1. The van der Waals surface area contributed by atoms with Crippen LogP contribution in [0.4, 0.5) is 5.69 Å². The molecule has 0 saturated heterocycles. The molecule has 0 radical (unpaired) electrons. The average molecular weight is 338 g/mol. The summed E-state index contributed by atoms with van der Waals surface area (Å²) in [4.78, 5) is 12.1. The molecule has 1 saturated carbocycles. The molecule has 1 aliphatic rings. The first-order chi connectivity index (χ1) is 9.78. The predicted molar refractivity (Wildman–Crippen MR) is 88.4 cm³/mol. The zero-order chi connectivity index (χ0) is 14.2. The summed E-state index contributed by atoms with van der Waals surface area (Å²) in [5.41, 5.74) is 2.21. The van der Waals surface area contributed by atoms with E-state index in [4.69, 9.17) is 0 Å². The van der Waals surface area contributed by atoms with Crippen LogP contribution in [0.1, 0.15) is 50.5 Å². The highest BCUT2D eigenvalue weighted by molar-refractivity contribution is 9.09. The molecule has 0 spiro atoms. The summed E-state index contributed by atoms with van der Waals surface area (Å²) in [6, 6.07) is 8.18. The second-order valence-corrected chi connectivity index (χ2v) is 6.54. The molecule has 1 amide bonds. The summed E-state index contributed by atoms with van der Waals surface area (Å²) >= 11 is 3.44. The zero-order valence-electron chi connectivity index (χ0n) is 12.0. The third-order valence-corrected chi connectivity index (χ3v) is 4.47. The van der Waals surface area contributed by atoms with Crippen LogP contribution in [0, 0.1) is 5.92 Å². The summed E-state index contributed by atoms with van der Waals surface area (Å²) in [6.07, 6.45) is 9.41. The number of nitrogens with one attached hydrogen (secondary N) is 1. The van der Waals surface area contributed by atoms with Crippen LogP contribution >= 0.6 is 15.9 Å². The van der Waals surface area contributed by atoms with E-state index in [1.807, 2.05) is 12.1 Å². The maximum Gasteiger partial charge on any atom is 0.224 e. The van der Waals surface area contributed by atoms with Crippen LogP contribution in [0.5, 0.6) is 0 Å². The molecule has 2 nitrogen and oxygen atoms in total. The molecule has 0 bridgehead atoms. The average Bonchev–Trinajstić information content (AvgIpc) is 2.70. The summed E-state index contributed by atoms with van der Waals surface area (Å²) in [7, 11) is 0. The van der Waals surface area contributed by atoms with E-state index in [1.54, 1.807) is 0 Å². The minimum Gasteiger partial charge on any atom is -0.326 e. The Hall–Kier alpha value is -0.830. The van der Waals surface area contributed by atoms with Crippen molar-refractivity contribution >= 4 is 27.5 Å². The van der Waals surface area contributed by atoms with E-state index in [9.17, 15) is 4.79 Å². The van der Waals surface area contributed by atoms with Gasteiger partial charge in [-0.15, -0.1) is 0 Å². The van der Waals surface area contributed by atoms with Crippen LogP contribution in [-0.2, 0) is 11.2 Å². The lowest BCUT2D eigenvalue weighted by Gasteiger charge is -2.13. The monoisotopic (exact) mass is 337 g/mol.